The van der Waals surface area contributed by atoms with Gasteiger partial charge >= 0.3 is 0 Å². The van der Waals surface area contributed by atoms with Crippen LogP contribution in [0.4, 0.5) is 5.82 Å². The molecule has 1 aromatic heterocycles. The lowest BCUT2D eigenvalue weighted by Gasteiger charge is -2.24. The van der Waals surface area contributed by atoms with E-state index >= 15 is 0 Å². The van der Waals surface area contributed by atoms with Crippen LogP contribution in [0.5, 0.6) is 0 Å². The zero-order valence-electron chi connectivity index (χ0n) is 11.1. The van der Waals surface area contributed by atoms with Crippen LogP contribution >= 0.6 is 0 Å². The highest BCUT2D eigenvalue weighted by Gasteiger charge is 2.17. The Bertz CT molecular complexity index is 444. The largest absolute Gasteiger partial charge is 0.368 e. The molecule has 0 bridgehead atoms. The number of nitrogens with zero attached hydrogens (tertiary/aromatic N) is 3. The minimum Gasteiger partial charge on any atom is -0.368 e. The monoisotopic (exact) mass is 244 g/mol. The molecule has 1 atom stereocenters. The Morgan fingerprint density at radius 1 is 1.44 bits per heavy atom. The van der Waals surface area contributed by atoms with Crippen LogP contribution in [-0.2, 0) is 0 Å². The van der Waals surface area contributed by atoms with Gasteiger partial charge in [0, 0.05) is 18.3 Å². The van der Waals surface area contributed by atoms with Gasteiger partial charge in [0.05, 0.1) is 11.6 Å². The van der Waals surface area contributed by atoms with Crippen molar-refractivity contribution in [3.05, 3.63) is 23.4 Å². The number of nitriles is 1. The molecule has 0 amide bonds. The van der Waals surface area contributed by atoms with E-state index in [1.165, 1.54) is 25.9 Å². The fourth-order valence-electron chi connectivity index (χ4n) is 2.39. The van der Waals surface area contributed by atoms with Crippen molar-refractivity contribution in [2.75, 3.05) is 25.0 Å². The standard InChI is InChI=1S/C14H20N4/c1-11-7-13(9-15)8-14(17-11)16-10-12(2)18-5-3-4-6-18/h7-8,12H,3-6,10H2,1-2H3,(H,16,17). The number of likely N-dealkylation sites (tertiary alicyclic amines) is 1. The number of anilines is 1. The molecule has 4 nitrogen and oxygen atoms in total. The SMILES string of the molecule is Cc1cc(C#N)cc(NCC(C)N2CCCC2)n1. The van der Waals surface area contributed by atoms with E-state index in [9.17, 15) is 0 Å². The molecule has 96 valence electrons. The Kier molecular flexibility index (Phi) is 4.16. The van der Waals surface area contributed by atoms with Crippen LogP contribution in [0, 0.1) is 18.3 Å². The van der Waals surface area contributed by atoms with Crippen molar-refractivity contribution < 1.29 is 0 Å². The summed E-state index contributed by atoms with van der Waals surface area (Å²) >= 11 is 0. The lowest BCUT2D eigenvalue weighted by atomic mass is 10.2. The number of aryl methyl sites for hydroxylation is 1. The molecular weight excluding hydrogens is 224 g/mol. The Morgan fingerprint density at radius 2 is 2.17 bits per heavy atom. The van der Waals surface area contributed by atoms with E-state index in [0.29, 0.717) is 11.6 Å². The van der Waals surface area contributed by atoms with Crippen molar-refractivity contribution in [2.24, 2.45) is 0 Å². The zero-order chi connectivity index (χ0) is 13.0. The summed E-state index contributed by atoms with van der Waals surface area (Å²) in [6.07, 6.45) is 2.62. The first-order valence-electron chi connectivity index (χ1n) is 6.56. The summed E-state index contributed by atoms with van der Waals surface area (Å²) in [5.41, 5.74) is 1.55. The second-order valence-corrected chi connectivity index (χ2v) is 4.97. The molecule has 0 spiro atoms. The van der Waals surface area contributed by atoms with Crippen molar-refractivity contribution in [3.8, 4) is 6.07 Å². The molecule has 1 aliphatic heterocycles. The predicted molar refractivity (Wildman–Crippen MR) is 72.4 cm³/mol. The molecule has 1 aliphatic rings. The van der Waals surface area contributed by atoms with E-state index in [0.717, 1.165) is 18.1 Å². The number of hydrogen-bond acceptors (Lipinski definition) is 4. The molecule has 1 N–H and O–H groups in total. The molecule has 2 rings (SSSR count). The van der Waals surface area contributed by atoms with Gasteiger partial charge in [-0.25, -0.2) is 4.98 Å². The van der Waals surface area contributed by atoms with Gasteiger partial charge < -0.3 is 5.32 Å². The third kappa shape index (κ3) is 3.21. The molecule has 0 aliphatic carbocycles. The first kappa shape index (κ1) is 12.8. The third-order valence-electron chi connectivity index (χ3n) is 3.43. The molecule has 0 saturated carbocycles. The summed E-state index contributed by atoms with van der Waals surface area (Å²) in [7, 11) is 0. The summed E-state index contributed by atoms with van der Waals surface area (Å²) < 4.78 is 0. The normalized spacial score (nSPS) is 17.4. The second kappa shape index (κ2) is 5.83. The summed E-state index contributed by atoms with van der Waals surface area (Å²) in [5, 5.41) is 12.3. The number of aromatic nitrogens is 1. The van der Waals surface area contributed by atoms with E-state index in [-0.39, 0.29) is 0 Å². The quantitative estimate of drug-likeness (QED) is 0.881. The molecule has 1 fully saturated rings. The van der Waals surface area contributed by atoms with Gasteiger partial charge in [-0.15, -0.1) is 0 Å². The van der Waals surface area contributed by atoms with Crippen molar-refractivity contribution in [1.82, 2.24) is 9.88 Å². The zero-order valence-corrected chi connectivity index (χ0v) is 11.1. The lowest BCUT2D eigenvalue weighted by Crippen LogP contribution is -2.35. The Labute approximate surface area is 109 Å². The number of hydrogen-bond donors (Lipinski definition) is 1. The van der Waals surface area contributed by atoms with Gasteiger partial charge in [-0.3, -0.25) is 4.90 Å². The van der Waals surface area contributed by atoms with Gasteiger partial charge in [0.1, 0.15) is 5.82 Å². The molecule has 18 heavy (non-hydrogen) atoms. The number of rotatable bonds is 4. The minimum absolute atomic E-state index is 0.514. The molecule has 0 aromatic carbocycles. The Balaban J connectivity index is 1.93. The molecule has 1 saturated heterocycles. The summed E-state index contributed by atoms with van der Waals surface area (Å²) in [6, 6.07) is 6.28. The van der Waals surface area contributed by atoms with Crippen LogP contribution in [0.25, 0.3) is 0 Å². The summed E-state index contributed by atoms with van der Waals surface area (Å²) in [4.78, 5) is 6.89. The average Bonchev–Trinajstić information content (AvgIpc) is 2.89. The molecule has 4 heteroatoms. The van der Waals surface area contributed by atoms with Gasteiger partial charge in [0.15, 0.2) is 0 Å². The average molecular weight is 244 g/mol. The van der Waals surface area contributed by atoms with Crippen LogP contribution in [0.1, 0.15) is 31.0 Å². The lowest BCUT2D eigenvalue weighted by molar-refractivity contribution is 0.269. The first-order valence-corrected chi connectivity index (χ1v) is 6.56. The van der Waals surface area contributed by atoms with Crippen molar-refractivity contribution in [3.63, 3.8) is 0 Å². The first-order chi connectivity index (χ1) is 8.69. The van der Waals surface area contributed by atoms with Crippen LogP contribution in [0.3, 0.4) is 0 Å². The van der Waals surface area contributed by atoms with Gasteiger partial charge in [-0.2, -0.15) is 5.26 Å². The van der Waals surface area contributed by atoms with E-state index in [1.54, 1.807) is 6.07 Å². The van der Waals surface area contributed by atoms with E-state index in [1.807, 2.05) is 13.0 Å². The van der Waals surface area contributed by atoms with E-state index in [4.69, 9.17) is 5.26 Å². The predicted octanol–water partition coefficient (Wildman–Crippen LogP) is 2.16. The van der Waals surface area contributed by atoms with Crippen molar-refractivity contribution in [1.29, 1.82) is 5.26 Å². The van der Waals surface area contributed by atoms with Gasteiger partial charge in [0.25, 0.3) is 0 Å². The maximum atomic E-state index is 8.92. The molecule has 0 radical (unpaired) electrons. The number of nitrogens with one attached hydrogen (secondary N) is 1. The molecule has 1 aromatic rings. The molecule has 1 unspecified atom stereocenters. The minimum atomic E-state index is 0.514. The van der Waals surface area contributed by atoms with Crippen molar-refractivity contribution in [2.45, 2.75) is 32.7 Å². The summed E-state index contributed by atoms with van der Waals surface area (Å²) in [6.45, 7) is 7.43. The maximum Gasteiger partial charge on any atom is 0.127 e. The van der Waals surface area contributed by atoms with Gasteiger partial charge in [-0.1, -0.05) is 0 Å². The van der Waals surface area contributed by atoms with E-state index < -0.39 is 0 Å². The summed E-state index contributed by atoms with van der Waals surface area (Å²) in [5.74, 6) is 0.803. The number of pyridine rings is 1. The molecular formula is C14H20N4. The highest BCUT2D eigenvalue weighted by atomic mass is 15.2. The highest BCUT2D eigenvalue weighted by molar-refractivity contribution is 5.44. The van der Waals surface area contributed by atoms with Gasteiger partial charge in [-0.05, 0) is 51.9 Å². The smallest absolute Gasteiger partial charge is 0.127 e. The fraction of sp³-hybridized carbons (Fsp3) is 0.571. The second-order valence-electron chi connectivity index (χ2n) is 4.97. The van der Waals surface area contributed by atoms with Crippen LogP contribution < -0.4 is 5.32 Å². The van der Waals surface area contributed by atoms with Crippen LogP contribution in [0.15, 0.2) is 12.1 Å². The Morgan fingerprint density at radius 3 is 2.83 bits per heavy atom. The fourth-order valence-corrected chi connectivity index (χ4v) is 2.39. The Hall–Kier alpha value is -1.60. The van der Waals surface area contributed by atoms with Crippen molar-refractivity contribution >= 4 is 5.82 Å². The maximum absolute atomic E-state index is 8.92. The van der Waals surface area contributed by atoms with Gasteiger partial charge in [0.2, 0.25) is 0 Å². The third-order valence-corrected chi connectivity index (χ3v) is 3.43. The molecule has 2 heterocycles. The highest BCUT2D eigenvalue weighted by Crippen LogP contribution is 2.13. The van der Waals surface area contributed by atoms with Crippen LogP contribution in [0.2, 0.25) is 0 Å². The van der Waals surface area contributed by atoms with Crippen LogP contribution in [-0.4, -0.2) is 35.6 Å². The van der Waals surface area contributed by atoms with E-state index in [2.05, 4.69) is 28.2 Å². The topological polar surface area (TPSA) is 52.0 Å².